The Labute approximate surface area is 169 Å². The molecular weight excluding hydrogens is 370 g/mol. The molecule has 0 aliphatic rings. The second-order valence-electron chi connectivity index (χ2n) is 6.62. The van der Waals surface area contributed by atoms with Crippen molar-refractivity contribution in [3.05, 3.63) is 71.4 Å². The molecule has 0 atom stereocenters. The van der Waals surface area contributed by atoms with Gasteiger partial charge < -0.3 is 9.84 Å². The maximum atomic E-state index is 12.8. The van der Waals surface area contributed by atoms with E-state index in [4.69, 9.17) is 4.52 Å². The van der Waals surface area contributed by atoms with E-state index in [1.54, 1.807) is 6.92 Å². The van der Waals surface area contributed by atoms with Gasteiger partial charge in [-0.1, -0.05) is 49.2 Å². The Kier molecular flexibility index (Phi) is 7.25. The number of rotatable bonds is 9. The molecule has 6 heteroatoms. The number of nitrogens with zero attached hydrogens (tertiary/aromatic N) is 2. The average Bonchev–Trinajstić information content (AvgIpc) is 3.13. The standard InChI is InChI=1S/C22H25N3O2S/c1-3-4-5-8-17-11-13-18(14-12-17)24-22(26)19-9-6-7-10-20(19)28-15-21-23-16(2)27-25-21/h6-7,9-14H,3-5,8,15H2,1-2H3,(H,24,26). The van der Waals surface area contributed by atoms with Crippen molar-refractivity contribution in [3.63, 3.8) is 0 Å². The van der Waals surface area contributed by atoms with E-state index in [0.29, 0.717) is 23.0 Å². The van der Waals surface area contributed by atoms with Crippen molar-refractivity contribution in [1.82, 2.24) is 10.1 Å². The first kappa shape index (κ1) is 20.1. The van der Waals surface area contributed by atoms with Gasteiger partial charge in [0.15, 0.2) is 5.82 Å². The van der Waals surface area contributed by atoms with E-state index in [2.05, 4.69) is 34.5 Å². The molecule has 146 valence electrons. The second kappa shape index (κ2) is 10.1. The maximum Gasteiger partial charge on any atom is 0.256 e. The lowest BCUT2D eigenvalue weighted by atomic mass is 10.1. The van der Waals surface area contributed by atoms with E-state index in [9.17, 15) is 4.79 Å². The molecule has 1 amide bonds. The monoisotopic (exact) mass is 395 g/mol. The van der Waals surface area contributed by atoms with Crippen molar-refractivity contribution in [1.29, 1.82) is 0 Å². The highest BCUT2D eigenvalue weighted by Crippen LogP contribution is 2.26. The SMILES string of the molecule is CCCCCc1ccc(NC(=O)c2ccccc2SCc2noc(C)n2)cc1. The number of aryl methyl sites for hydroxylation is 2. The highest BCUT2D eigenvalue weighted by atomic mass is 32.2. The van der Waals surface area contributed by atoms with Crippen LogP contribution in [-0.4, -0.2) is 16.0 Å². The predicted molar refractivity (Wildman–Crippen MR) is 113 cm³/mol. The van der Waals surface area contributed by atoms with Gasteiger partial charge in [-0.2, -0.15) is 4.98 Å². The molecular formula is C22H25N3O2S. The molecule has 1 N–H and O–H groups in total. The Morgan fingerprint density at radius 3 is 2.61 bits per heavy atom. The van der Waals surface area contributed by atoms with E-state index in [-0.39, 0.29) is 5.91 Å². The normalized spacial score (nSPS) is 10.8. The van der Waals surface area contributed by atoms with Crippen LogP contribution in [0.1, 0.15) is 53.8 Å². The lowest BCUT2D eigenvalue weighted by Gasteiger charge is -2.10. The number of unbranched alkanes of at least 4 members (excludes halogenated alkanes) is 2. The van der Waals surface area contributed by atoms with Gasteiger partial charge in [-0.3, -0.25) is 4.79 Å². The van der Waals surface area contributed by atoms with Crippen LogP contribution in [0.15, 0.2) is 57.9 Å². The number of anilines is 1. The molecule has 2 aromatic carbocycles. The Bertz CT molecular complexity index is 906. The van der Waals surface area contributed by atoms with Crippen LogP contribution < -0.4 is 5.32 Å². The summed E-state index contributed by atoms with van der Waals surface area (Å²) in [6.07, 6.45) is 4.75. The quantitative estimate of drug-likeness (QED) is 0.374. The molecule has 0 saturated carbocycles. The van der Waals surface area contributed by atoms with Gasteiger partial charge in [0, 0.05) is 17.5 Å². The van der Waals surface area contributed by atoms with E-state index in [1.165, 1.54) is 36.6 Å². The number of thioether (sulfide) groups is 1. The molecule has 0 fully saturated rings. The molecule has 0 bridgehead atoms. The Morgan fingerprint density at radius 1 is 1.11 bits per heavy atom. The van der Waals surface area contributed by atoms with Crippen molar-refractivity contribution in [2.45, 2.75) is 50.2 Å². The highest BCUT2D eigenvalue weighted by molar-refractivity contribution is 7.98. The first-order valence-electron chi connectivity index (χ1n) is 9.57. The third-order valence-corrected chi connectivity index (χ3v) is 5.41. The second-order valence-corrected chi connectivity index (χ2v) is 7.64. The largest absolute Gasteiger partial charge is 0.340 e. The lowest BCUT2D eigenvalue weighted by Crippen LogP contribution is -2.13. The van der Waals surface area contributed by atoms with Crippen molar-refractivity contribution < 1.29 is 9.32 Å². The van der Waals surface area contributed by atoms with Gasteiger partial charge in [-0.05, 0) is 42.7 Å². The minimum Gasteiger partial charge on any atom is -0.340 e. The van der Waals surface area contributed by atoms with Gasteiger partial charge in [0.2, 0.25) is 5.89 Å². The Morgan fingerprint density at radius 2 is 1.89 bits per heavy atom. The number of aromatic nitrogens is 2. The maximum absolute atomic E-state index is 12.8. The molecule has 3 rings (SSSR count). The number of nitrogens with one attached hydrogen (secondary N) is 1. The molecule has 0 unspecified atom stereocenters. The number of hydrogen-bond acceptors (Lipinski definition) is 5. The molecule has 0 aliphatic heterocycles. The van der Waals surface area contributed by atoms with Crippen LogP contribution in [0.4, 0.5) is 5.69 Å². The van der Waals surface area contributed by atoms with Gasteiger partial charge in [0.25, 0.3) is 5.91 Å². The van der Waals surface area contributed by atoms with E-state index in [0.717, 1.165) is 17.0 Å². The van der Waals surface area contributed by atoms with Gasteiger partial charge in [-0.15, -0.1) is 11.8 Å². The molecule has 28 heavy (non-hydrogen) atoms. The minimum absolute atomic E-state index is 0.119. The van der Waals surface area contributed by atoms with Crippen LogP contribution in [0.3, 0.4) is 0 Å². The summed E-state index contributed by atoms with van der Waals surface area (Å²) in [4.78, 5) is 17.9. The van der Waals surface area contributed by atoms with Crippen LogP contribution in [0.25, 0.3) is 0 Å². The summed E-state index contributed by atoms with van der Waals surface area (Å²) in [5.74, 6) is 1.59. The smallest absolute Gasteiger partial charge is 0.256 e. The topological polar surface area (TPSA) is 68.0 Å². The molecule has 0 spiro atoms. The van der Waals surface area contributed by atoms with E-state index >= 15 is 0 Å². The summed E-state index contributed by atoms with van der Waals surface area (Å²) >= 11 is 1.52. The van der Waals surface area contributed by atoms with Gasteiger partial charge >= 0.3 is 0 Å². The van der Waals surface area contributed by atoms with Crippen LogP contribution in [0.5, 0.6) is 0 Å². The number of carbonyl (C=O) groups is 1. The first-order valence-corrected chi connectivity index (χ1v) is 10.6. The fourth-order valence-electron chi connectivity index (χ4n) is 2.85. The Hall–Kier alpha value is -2.60. The fraction of sp³-hybridized carbons (Fsp3) is 0.318. The van der Waals surface area contributed by atoms with Crippen LogP contribution in [-0.2, 0) is 12.2 Å². The summed E-state index contributed by atoms with van der Waals surface area (Å²) in [5.41, 5.74) is 2.75. The fourth-order valence-corrected chi connectivity index (χ4v) is 3.75. The zero-order valence-electron chi connectivity index (χ0n) is 16.3. The summed E-state index contributed by atoms with van der Waals surface area (Å²) in [6.45, 7) is 3.97. The summed E-state index contributed by atoms with van der Waals surface area (Å²) in [5, 5.41) is 6.89. The molecule has 1 aromatic heterocycles. The number of benzene rings is 2. The van der Waals surface area contributed by atoms with Crippen LogP contribution in [0, 0.1) is 6.92 Å². The van der Waals surface area contributed by atoms with Crippen molar-refractivity contribution in [2.24, 2.45) is 0 Å². The van der Waals surface area contributed by atoms with Crippen LogP contribution >= 0.6 is 11.8 Å². The van der Waals surface area contributed by atoms with Crippen molar-refractivity contribution in [2.75, 3.05) is 5.32 Å². The van der Waals surface area contributed by atoms with Crippen molar-refractivity contribution >= 4 is 23.4 Å². The summed E-state index contributed by atoms with van der Waals surface area (Å²) in [6, 6.07) is 15.7. The number of amides is 1. The first-order chi connectivity index (χ1) is 13.7. The zero-order valence-corrected chi connectivity index (χ0v) is 17.1. The molecule has 0 radical (unpaired) electrons. The molecule has 0 aliphatic carbocycles. The van der Waals surface area contributed by atoms with E-state index < -0.39 is 0 Å². The van der Waals surface area contributed by atoms with E-state index in [1.807, 2.05) is 36.4 Å². The van der Waals surface area contributed by atoms with Crippen LogP contribution in [0.2, 0.25) is 0 Å². The van der Waals surface area contributed by atoms with Gasteiger partial charge in [0.1, 0.15) is 0 Å². The zero-order chi connectivity index (χ0) is 19.8. The number of hydrogen-bond donors (Lipinski definition) is 1. The molecule has 5 nitrogen and oxygen atoms in total. The van der Waals surface area contributed by atoms with Gasteiger partial charge in [-0.25, -0.2) is 0 Å². The third kappa shape index (κ3) is 5.70. The molecule has 3 aromatic rings. The number of carbonyl (C=O) groups excluding carboxylic acids is 1. The minimum atomic E-state index is -0.119. The summed E-state index contributed by atoms with van der Waals surface area (Å²) in [7, 11) is 0. The summed E-state index contributed by atoms with van der Waals surface area (Å²) < 4.78 is 5.00. The third-order valence-electron chi connectivity index (χ3n) is 4.34. The Balaban J connectivity index is 1.62. The molecule has 0 saturated heterocycles. The van der Waals surface area contributed by atoms with Crippen molar-refractivity contribution in [3.8, 4) is 0 Å². The highest BCUT2D eigenvalue weighted by Gasteiger charge is 2.13. The predicted octanol–water partition coefficient (Wildman–Crippen LogP) is 5.66. The molecule has 1 heterocycles. The lowest BCUT2D eigenvalue weighted by molar-refractivity contribution is 0.102. The van der Waals surface area contributed by atoms with Gasteiger partial charge in [0.05, 0.1) is 11.3 Å². The average molecular weight is 396 g/mol.